The van der Waals surface area contributed by atoms with Gasteiger partial charge >= 0.3 is 0 Å². The van der Waals surface area contributed by atoms with Crippen LogP contribution in [0.5, 0.6) is 0 Å². The third-order valence-electron chi connectivity index (χ3n) is 5.52. The standard InChI is InChI=1S/C21H21BrFN3O4S/c22-17-6-5-16(31-17)19(28)25-21(7-1-2-8-21)20(29)24-13-3-4-15(14(23)11-13)26-9-10-30-12-18(26)27/h3-6,11H,1-2,7-10,12H2,(H,24,29)(H,25,28). The van der Waals surface area contributed by atoms with Crippen LogP contribution < -0.4 is 15.5 Å². The predicted octanol–water partition coefficient (Wildman–Crippen LogP) is 3.69. The van der Waals surface area contributed by atoms with Crippen molar-refractivity contribution in [3.05, 3.63) is 44.8 Å². The summed E-state index contributed by atoms with van der Waals surface area (Å²) < 4.78 is 20.6. The van der Waals surface area contributed by atoms with E-state index in [9.17, 15) is 18.8 Å². The summed E-state index contributed by atoms with van der Waals surface area (Å²) in [6, 6.07) is 7.70. The van der Waals surface area contributed by atoms with Crippen molar-refractivity contribution in [2.24, 2.45) is 0 Å². The molecule has 0 atom stereocenters. The Balaban J connectivity index is 1.49. The maximum absolute atomic E-state index is 14.7. The van der Waals surface area contributed by atoms with Crippen molar-refractivity contribution in [3.8, 4) is 0 Å². The lowest BCUT2D eigenvalue weighted by molar-refractivity contribution is -0.125. The molecule has 1 saturated heterocycles. The summed E-state index contributed by atoms with van der Waals surface area (Å²) in [5.74, 6) is -1.60. The van der Waals surface area contributed by atoms with E-state index < -0.39 is 11.4 Å². The van der Waals surface area contributed by atoms with E-state index in [0.717, 1.165) is 16.6 Å². The van der Waals surface area contributed by atoms with Crippen LogP contribution in [0.25, 0.3) is 0 Å². The Morgan fingerprint density at radius 3 is 2.61 bits per heavy atom. The first-order valence-electron chi connectivity index (χ1n) is 9.95. The Hall–Kier alpha value is -2.30. The largest absolute Gasteiger partial charge is 0.370 e. The zero-order valence-electron chi connectivity index (χ0n) is 16.6. The van der Waals surface area contributed by atoms with Gasteiger partial charge in [0.05, 0.1) is 21.0 Å². The van der Waals surface area contributed by atoms with Crippen LogP contribution in [0.2, 0.25) is 0 Å². The normalized spacial score (nSPS) is 18.1. The van der Waals surface area contributed by atoms with Crippen molar-refractivity contribution in [1.82, 2.24) is 5.32 Å². The van der Waals surface area contributed by atoms with Gasteiger partial charge in [-0.15, -0.1) is 11.3 Å². The van der Waals surface area contributed by atoms with Crippen molar-refractivity contribution in [3.63, 3.8) is 0 Å². The molecule has 0 bridgehead atoms. The van der Waals surface area contributed by atoms with Crippen molar-refractivity contribution >= 4 is 56.4 Å². The highest BCUT2D eigenvalue weighted by Crippen LogP contribution is 2.33. The highest BCUT2D eigenvalue weighted by atomic mass is 79.9. The van der Waals surface area contributed by atoms with Crippen LogP contribution >= 0.6 is 27.3 Å². The van der Waals surface area contributed by atoms with Crippen molar-refractivity contribution in [2.45, 2.75) is 31.2 Å². The minimum atomic E-state index is -1.04. The molecule has 7 nitrogen and oxygen atoms in total. The minimum Gasteiger partial charge on any atom is -0.370 e. The number of carbonyl (C=O) groups excluding carboxylic acids is 3. The topological polar surface area (TPSA) is 87.7 Å². The van der Waals surface area contributed by atoms with E-state index >= 15 is 0 Å². The third-order valence-corrected chi connectivity index (χ3v) is 7.15. The number of thiophene rings is 1. The third kappa shape index (κ3) is 4.65. The highest BCUT2D eigenvalue weighted by molar-refractivity contribution is 9.11. The molecule has 1 aliphatic heterocycles. The van der Waals surface area contributed by atoms with Gasteiger partial charge in [0.2, 0.25) is 5.91 Å². The summed E-state index contributed by atoms with van der Waals surface area (Å²) in [5.41, 5.74) is -0.618. The number of morpholine rings is 1. The minimum absolute atomic E-state index is 0.0824. The number of halogens is 2. The van der Waals surface area contributed by atoms with Gasteiger partial charge in [0.15, 0.2) is 0 Å². The molecule has 1 saturated carbocycles. The summed E-state index contributed by atoms with van der Waals surface area (Å²) in [7, 11) is 0. The first-order valence-corrected chi connectivity index (χ1v) is 11.6. The smallest absolute Gasteiger partial charge is 0.262 e. The molecule has 1 aliphatic carbocycles. The monoisotopic (exact) mass is 509 g/mol. The maximum Gasteiger partial charge on any atom is 0.262 e. The number of nitrogens with zero attached hydrogens (tertiary/aromatic N) is 1. The van der Waals surface area contributed by atoms with E-state index in [1.165, 1.54) is 28.4 Å². The van der Waals surface area contributed by atoms with Crippen LogP contribution in [0.15, 0.2) is 34.1 Å². The lowest BCUT2D eigenvalue weighted by Crippen LogP contribution is -2.54. The van der Waals surface area contributed by atoms with Crippen LogP contribution in [0.1, 0.15) is 35.4 Å². The number of nitrogens with one attached hydrogen (secondary N) is 2. The molecule has 0 unspecified atom stereocenters. The molecule has 2 N–H and O–H groups in total. The molecule has 2 aromatic rings. The van der Waals surface area contributed by atoms with Crippen LogP contribution in [0.3, 0.4) is 0 Å². The molecule has 31 heavy (non-hydrogen) atoms. The highest BCUT2D eigenvalue weighted by Gasteiger charge is 2.43. The van der Waals surface area contributed by atoms with Gasteiger partial charge in [-0.25, -0.2) is 4.39 Å². The molecule has 0 radical (unpaired) electrons. The Morgan fingerprint density at radius 2 is 1.97 bits per heavy atom. The molecule has 2 fully saturated rings. The number of rotatable bonds is 5. The number of anilines is 2. The van der Waals surface area contributed by atoms with Gasteiger partial charge in [0.25, 0.3) is 11.8 Å². The number of hydrogen-bond acceptors (Lipinski definition) is 5. The Kier molecular flexibility index (Phi) is 6.40. The van der Waals surface area contributed by atoms with Gasteiger partial charge in [-0.05, 0) is 59.1 Å². The molecule has 2 heterocycles. The lowest BCUT2D eigenvalue weighted by Gasteiger charge is -2.29. The van der Waals surface area contributed by atoms with Crippen LogP contribution in [-0.2, 0) is 14.3 Å². The summed E-state index contributed by atoms with van der Waals surface area (Å²) in [4.78, 5) is 39.6. The Morgan fingerprint density at radius 1 is 1.19 bits per heavy atom. The molecule has 4 rings (SSSR count). The van der Waals surface area contributed by atoms with E-state index in [-0.39, 0.29) is 42.2 Å². The van der Waals surface area contributed by atoms with Crippen molar-refractivity contribution in [1.29, 1.82) is 0 Å². The average molecular weight is 510 g/mol. The molecule has 0 spiro atoms. The van der Waals surface area contributed by atoms with Gasteiger partial charge in [0.1, 0.15) is 18.0 Å². The Bertz CT molecular complexity index is 1020. The zero-order chi connectivity index (χ0) is 22.0. The van der Waals surface area contributed by atoms with E-state index in [0.29, 0.717) is 24.3 Å². The van der Waals surface area contributed by atoms with E-state index in [1.54, 1.807) is 18.2 Å². The quantitative estimate of drug-likeness (QED) is 0.643. The van der Waals surface area contributed by atoms with E-state index in [4.69, 9.17) is 4.74 Å². The molecule has 164 valence electrons. The molecule has 3 amide bonds. The van der Waals surface area contributed by atoms with Crippen molar-refractivity contribution in [2.75, 3.05) is 30.0 Å². The van der Waals surface area contributed by atoms with Crippen molar-refractivity contribution < 1.29 is 23.5 Å². The zero-order valence-corrected chi connectivity index (χ0v) is 19.0. The molecule has 2 aliphatic rings. The second kappa shape index (κ2) is 9.05. The fraction of sp³-hybridized carbons (Fsp3) is 0.381. The number of hydrogen-bond donors (Lipinski definition) is 2. The molecule has 1 aromatic heterocycles. The first-order chi connectivity index (χ1) is 14.9. The molecular weight excluding hydrogens is 489 g/mol. The number of ether oxygens (including phenoxy) is 1. The average Bonchev–Trinajstić information content (AvgIpc) is 3.39. The lowest BCUT2D eigenvalue weighted by atomic mass is 9.95. The molecular formula is C21H21BrFN3O4S. The Labute approximate surface area is 191 Å². The van der Waals surface area contributed by atoms with E-state index in [2.05, 4.69) is 26.6 Å². The SMILES string of the molecule is O=C(NC1(C(=O)Nc2ccc(N3CCOCC3=O)c(F)c2)CCCC1)c1ccc(Br)s1. The van der Waals surface area contributed by atoms with Gasteiger partial charge in [-0.2, -0.15) is 0 Å². The predicted molar refractivity (Wildman–Crippen MR) is 119 cm³/mol. The second-order valence-electron chi connectivity index (χ2n) is 7.57. The number of benzene rings is 1. The molecule has 10 heteroatoms. The van der Waals surface area contributed by atoms with Gasteiger partial charge in [-0.3, -0.25) is 14.4 Å². The maximum atomic E-state index is 14.7. The fourth-order valence-electron chi connectivity index (χ4n) is 3.93. The van der Waals surface area contributed by atoms with Gasteiger partial charge in [-0.1, -0.05) is 12.8 Å². The first kappa shape index (κ1) is 21.9. The molecule has 1 aromatic carbocycles. The van der Waals surface area contributed by atoms with Gasteiger partial charge in [0, 0.05) is 12.2 Å². The second-order valence-corrected chi connectivity index (χ2v) is 10.0. The summed E-state index contributed by atoms with van der Waals surface area (Å²) in [6.45, 7) is 0.531. The van der Waals surface area contributed by atoms with Crippen LogP contribution in [0, 0.1) is 5.82 Å². The fourth-order valence-corrected chi connectivity index (χ4v) is 5.21. The van der Waals surface area contributed by atoms with Crippen LogP contribution in [0.4, 0.5) is 15.8 Å². The summed E-state index contributed by atoms with van der Waals surface area (Å²) in [5, 5.41) is 5.64. The summed E-state index contributed by atoms with van der Waals surface area (Å²) >= 11 is 4.63. The van der Waals surface area contributed by atoms with Crippen LogP contribution in [-0.4, -0.2) is 43.0 Å². The van der Waals surface area contributed by atoms with Gasteiger partial charge < -0.3 is 20.3 Å². The number of carbonyl (C=O) groups is 3. The summed E-state index contributed by atoms with van der Waals surface area (Å²) in [6.07, 6.45) is 2.66. The van der Waals surface area contributed by atoms with E-state index in [1.807, 2.05) is 0 Å². The number of amides is 3.